The molecular weight excluding hydrogens is 276 g/mol. The third kappa shape index (κ3) is 3.39. The third-order valence-electron chi connectivity index (χ3n) is 4.64. The van der Waals surface area contributed by atoms with E-state index in [-0.39, 0.29) is 0 Å². The van der Waals surface area contributed by atoms with Crippen molar-refractivity contribution in [3.63, 3.8) is 0 Å². The van der Waals surface area contributed by atoms with Crippen LogP contribution < -0.4 is 14.8 Å². The molecule has 0 saturated heterocycles. The molecule has 0 aliphatic carbocycles. The predicted molar refractivity (Wildman–Crippen MR) is 90.8 cm³/mol. The van der Waals surface area contributed by atoms with Gasteiger partial charge in [0, 0.05) is 35.8 Å². The second-order valence-corrected chi connectivity index (χ2v) is 6.09. The molecule has 1 aliphatic heterocycles. The molecule has 1 aromatic rings. The zero-order chi connectivity index (χ0) is 16.1. The van der Waals surface area contributed by atoms with Crippen LogP contribution in [0.1, 0.15) is 43.4 Å². The van der Waals surface area contributed by atoms with Crippen LogP contribution in [-0.4, -0.2) is 38.8 Å². The lowest BCUT2D eigenvalue weighted by Gasteiger charge is -2.35. The average Bonchev–Trinajstić information content (AvgIpc) is 2.53. The van der Waals surface area contributed by atoms with E-state index in [4.69, 9.17) is 9.47 Å². The molecule has 4 nitrogen and oxygen atoms in total. The van der Waals surface area contributed by atoms with Crippen LogP contribution in [0.25, 0.3) is 0 Å². The highest BCUT2D eigenvalue weighted by atomic mass is 16.5. The number of likely N-dealkylation sites (N-methyl/N-ethyl adjacent to an activating group) is 1. The summed E-state index contributed by atoms with van der Waals surface area (Å²) in [7, 11) is 5.74. The number of hydrogen-bond donors (Lipinski definition) is 1. The molecule has 1 aromatic carbocycles. The lowest BCUT2D eigenvalue weighted by atomic mass is 9.89. The standard InChI is InChI=1S/C18H30N2O2/c1-6-8-19-11-13-9-17(21-4)16-12-20(3)14(7-2)10-15(16)18(13)22-5/h9,14,19H,6-8,10-12H2,1-5H3. The van der Waals surface area contributed by atoms with E-state index in [2.05, 4.69) is 37.2 Å². The zero-order valence-corrected chi connectivity index (χ0v) is 14.7. The van der Waals surface area contributed by atoms with Crippen LogP contribution >= 0.6 is 0 Å². The number of rotatable bonds is 7. The van der Waals surface area contributed by atoms with Gasteiger partial charge in [0.2, 0.25) is 0 Å². The van der Waals surface area contributed by atoms with Gasteiger partial charge in [-0.25, -0.2) is 0 Å². The fraction of sp³-hybridized carbons (Fsp3) is 0.667. The minimum atomic E-state index is 0.574. The van der Waals surface area contributed by atoms with Crippen molar-refractivity contribution in [2.45, 2.75) is 52.2 Å². The quantitative estimate of drug-likeness (QED) is 0.785. The van der Waals surface area contributed by atoms with Crippen LogP contribution in [0.4, 0.5) is 0 Å². The number of nitrogens with one attached hydrogen (secondary N) is 1. The van der Waals surface area contributed by atoms with Crippen LogP contribution in [0.3, 0.4) is 0 Å². The van der Waals surface area contributed by atoms with E-state index in [1.54, 1.807) is 14.2 Å². The van der Waals surface area contributed by atoms with Crippen molar-refractivity contribution in [3.8, 4) is 11.5 Å². The largest absolute Gasteiger partial charge is 0.496 e. The third-order valence-corrected chi connectivity index (χ3v) is 4.64. The summed E-state index contributed by atoms with van der Waals surface area (Å²) < 4.78 is 11.5. The summed E-state index contributed by atoms with van der Waals surface area (Å²) in [6.07, 6.45) is 3.32. The maximum atomic E-state index is 5.79. The normalized spacial score (nSPS) is 18.1. The molecule has 1 unspecified atom stereocenters. The molecule has 0 amide bonds. The topological polar surface area (TPSA) is 33.7 Å². The van der Waals surface area contributed by atoms with Crippen LogP contribution in [0, 0.1) is 0 Å². The summed E-state index contributed by atoms with van der Waals surface area (Å²) in [6, 6.07) is 2.71. The fourth-order valence-corrected chi connectivity index (χ4v) is 3.37. The van der Waals surface area contributed by atoms with E-state index in [1.807, 2.05) is 0 Å². The molecule has 124 valence electrons. The highest BCUT2D eigenvalue weighted by Crippen LogP contribution is 2.39. The van der Waals surface area contributed by atoms with Gasteiger partial charge in [-0.05, 0) is 38.9 Å². The Morgan fingerprint density at radius 1 is 1.23 bits per heavy atom. The molecule has 0 aromatic heterocycles. The molecule has 1 N–H and O–H groups in total. The Morgan fingerprint density at radius 2 is 2.00 bits per heavy atom. The number of ether oxygens (including phenoxy) is 2. The molecule has 0 bridgehead atoms. The minimum Gasteiger partial charge on any atom is -0.496 e. The van der Waals surface area contributed by atoms with Gasteiger partial charge in [-0.1, -0.05) is 13.8 Å². The van der Waals surface area contributed by atoms with Crippen LogP contribution in [-0.2, 0) is 19.5 Å². The Balaban J connectivity index is 2.42. The maximum Gasteiger partial charge on any atom is 0.127 e. The van der Waals surface area contributed by atoms with Gasteiger partial charge in [0.15, 0.2) is 0 Å². The minimum absolute atomic E-state index is 0.574. The van der Waals surface area contributed by atoms with Gasteiger partial charge in [0.1, 0.15) is 11.5 Å². The van der Waals surface area contributed by atoms with Gasteiger partial charge in [-0.3, -0.25) is 4.90 Å². The first-order valence-corrected chi connectivity index (χ1v) is 8.32. The van der Waals surface area contributed by atoms with Crippen LogP contribution in [0.2, 0.25) is 0 Å². The Morgan fingerprint density at radius 3 is 2.59 bits per heavy atom. The van der Waals surface area contributed by atoms with Crippen molar-refractivity contribution in [2.24, 2.45) is 0 Å². The SMILES string of the molecule is CCCNCc1cc(OC)c2c(c1OC)CC(CC)N(C)C2. The summed E-state index contributed by atoms with van der Waals surface area (Å²) in [4.78, 5) is 2.42. The molecule has 0 spiro atoms. The van der Waals surface area contributed by atoms with Gasteiger partial charge in [0.25, 0.3) is 0 Å². The fourth-order valence-electron chi connectivity index (χ4n) is 3.37. The first kappa shape index (κ1) is 17.1. The highest BCUT2D eigenvalue weighted by molar-refractivity contribution is 5.55. The van der Waals surface area contributed by atoms with Gasteiger partial charge in [-0.15, -0.1) is 0 Å². The van der Waals surface area contributed by atoms with Crippen molar-refractivity contribution in [2.75, 3.05) is 27.8 Å². The predicted octanol–water partition coefficient (Wildman–Crippen LogP) is 2.97. The number of fused-ring (bicyclic) bond motifs is 1. The number of methoxy groups -OCH3 is 2. The number of hydrogen-bond acceptors (Lipinski definition) is 4. The number of benzene rings is 1. The van der Waals surface area contributed by atoms with Gasteiger partial charge in [0.05, 0.1) is 14.2 Å². The van der Waals surface area contributed by atoms with Gasteiger partial charge < -0.3 is 14.8 Å². The highest BCUT2D eigenvalue weighted by Gasteiger charge is 2.28. The van der Waals surface area contributed by atoms with Gasteiger partial charge >= 0.3 is 0 Å². The van der Waals surface area contributed by atoms with Crippen LogP contribution in [0.5, 0.6) is 11.5 Å². The Bertz CT molecular complexity index is 502. The molecule has 0 fully saturated rings. The second-order valence-electron chi connectivity index (χ2n) is 6.09. The average molecular weight is 306 g/mol. The molecule has 1 atom stereocenters. The summed E-state index contributed by atoms with van der Waals surface area (Å²) in [5.41, 5.74) is 3.82. The lowest BCUT2D eigenvalue weighted by molar-refractivity contribution is 0.203. The summed E-state index contributed by atoms with van der Waals surface area (Å²) in [5.74, 6) is 2.04. The monoisotopic (exact) mass is 306 g/mol. The number of nitrogens with zero attached hydrogens (tertiary/aromatic N) is 1. The second kappa shape index (κ2) is 7.84. The maximum absolute atomic E-state index is 5.79. The lowest BCUT2D eigenvalue weighted by Crippen LogP contribution is -2.37. The molecule has 22 heavy (non-hydrogen) atoms. The van der Waals surface area contributed by atoms with E-state index >= 15 is 0 Å². The van der Waals surface area contributed by atoms with E-state index in [0.29, 0.717) is 6.04 Å². The first-order valence-electron chi connectivity index (χ1n) is 8.32. The van der Waals surface area contributed by atoms with Crippen molar-refractivity contribution in [1.82, 2.24) is 10.2 Å². The molecule has 1 heterocycles. The molecule has 2 rings (SSSR count). The van der Waals surface area contributed by atoms with Crippen molar-refractivity contribution < 1.29 is 9.47 Å². The van der Waals surface area contributed by atoms with Crippen molar-refractivity contribution in [1.29, 1.82) is 0 Å². The summed E-state index contributed by atoms with van der Waals surface area (Å²) in [6.45, 7) is 7.20. The molecular formula is C18H30N2O2. The summed E-state index contributed by atoms with van der Waals surface area (Å²) in [5, 5.41) is 3.47. The van der Waals surface area contributed by atoms with Crippen molar-refractivity contribution >= 4 is 0 Å². The van der Waals surface area contributed by atoms with E-state index in [1.165, 1.54) is 16.7 Å². The molecule has 0 saturated carbocycles. The molecule has 0 radical (unpaired) electrons. The molecule has 1 aliphatic rings. The van der Waals surface area contributed by atoms with Crippen molar-refractivity contribution in [3.05, 3.63) is 22.8 Å². The summed E-state index contributed by atoms with van der Waals surface area (Å²) >= 11 is 0. The first-order chi connectivity index (χ1) is 10.7. The van der Waals surface area contributed by atoms with E-state index < -0.39 is 0 Å². The smallest absolute Gasteiger partial charge is 0.127 e. The Kier molecular flexibility index (Phi) is 6.09. The van der Waals surface area contributed by atoms with Gasteiger partial charge in [-0.2, -0.15) is 0 Å². The Labute approximate surface area is 134 Å². The Hall–Kier alpha value is -1.26. The van der Waals surface area contributed by atoms with E-state index in [0.717, 1.165) is 50.4 Å². The van der Waals surface area contributed by atoms with Crippen LogP contribution in [0.15, 0.2) is 6.07 Å². The van der Waals surface area contributed by atoms with E-state index in [9.17, 15) is 0 Å². The zero-order valence-electron chi connectivity index (χ0n) is 14.7. The molecule has 4 heteroatoms.